The summed E-state index contributed by atoms with van der Waals surface area (Å²) in [5.74, 6) is 1.74. The molecule has 0 unspecified atom stereocenters. The predicted molar refractivity (Wildman–Crippen MR) is 121 cm³/mol. The van der Waals surface area contributed by atoms with Crippen LogP contribution in [0.1, 0.15) is 45.6 Å². The Labute approximate surface area is 181 Å². The van der Waals surface area contributed by atoms with Gasteiger partial charge in [0.2, 0.25) is 11.8 Å². The van der Waals surface area contributed by atoms with Crippen LogP contribution >= 0.6 is 0 Å². The Morgan fingerprint density at radius 1 is 1.23 bits per heavy atom. The molecule has 2 rings (SSSR count). The van der Waals surface area contributed by atoms with Crippen LogP contribution in [0, 0.1) is 23.7 Å². The smallest absolute Gasteiger partial charge is 0.223 e. The Kier molecular flexibility index (Phi) is 9.57. The standard InChI is InChI=1S/C25H38N2O3/c1-18(2)23-14-21(15-25(29)27(4)17-20-9-7-6-8-10-20)19(3)13-22(23)16-26-24(28)11-12-30-5/h6-10,13,18,21-23H,11-12,14-17H2,1-5H3,(H,26,28)/t21-,22-,23-/m0/s1. The molecule has 166 valence electrons. The molecular weight excluding hydrogens is 376 g/mol. The van der Waals surface area contributed by atoms with Crippen molar-refractivity contribution in [3.8, 4) is 0 Å². The lowest BCUT2D eigenvalue weighted by Gasteiger charge is -2.37. The Morgan fingerprint density at radius 3 is 2.57 bits per heavy atom. The molecule has 0 heterocycles. The second-order valence-electron chi connectivity index (χ2n) is 8.90. The van der Waals surface area contributed by atoms with Gasteiger partial charge in [-0.15, -0.1) is 0 Å². The van der Waals surface area contributed by atoms with Gasteiger partial charge in [-0.05, 0) is 42.6 Å². The number of amides is 2. The molecule has 0 radical (unpaired) electrons. The average Bonchev–Trinajstić information content (AvgIpc) is 2.72. The third kappa shape index (κ3) is 7.28. The second kappa shape index (κ2) is 11.9. The van der Waals surface area contributed by atoms with Gasteiger partial charge in [-0.25, -0.2) is 0 Å². The van der Waals surface area contributed by atoms with Crippen molar-refractivity contribution in [3.63, 3.8) is 0 Å². The summed E-state index contributed by atoms with van der Waals surface area (Å²) in [6.07, 6.45) is 4.22. The van der Waals surface area contributed by atoms with Gasteiger partial charge in [-0.1, -0.05) is 55.8 Å². The number of methoxy groups -OCH3 is 1. The van der Waals surface area contributed by atoms with E-state index < -0.39 is 0 Å². The first kappa shape index (κ1) is 24.1. The molecule has 3 atom stereocenters. The van der Waals surface area contributed by atoms with Crippen molar-refractivity contribution in [1.29, 1.82) is 0 Å². The SMILES string of the molecule is COCCC(=O)NC[C@@H]1C=C(C)[C@H](CC(=O)N(C)Cc2ccccc2)C[C@H]1C(C)C. The van der Waals surface area contributed by atoms with Crippen LogP contribution in [0.5, 0.6) is 0 Å². The maximum absolute atomic E-state index is 12.9. The first-order valence-corrected chi connectivity index (χ1v) is 11.0. The van der Waals surface area contributed by atoms with Gasteiger partial charge >= 0.3 is 0 Å². The molecule has 0 aliphatic heterocycles. The number of hydrogen-bond donors (Lipinski definition) is 1. The molecule has 1 aromatic rings. The zero-order valence-corrected chi connectivity index (χ0v) is 19.2. The van der Waals surface area contributed by atoms with Crippen LogP contribution in [0.4, 0.5) is 0 Å². The van der Waals surface area contributed by atoms with E-state index in [-0.39, 0.29) is 17.7 Å². The van der Waals surface area contributed by atoms with Crippen LogP contribution in [-0.4, -0.2) is 44.0 Å². The number of hydrogen-bond acceptors (Lipinski definition) is 3. The van der Waals surface area contributed by atoms with E-state index >= 15 is 0 Å². The topological polar surface area (TPSA) is 58.6 Å². The fourth-order valence-corrected chi connectivity index (χ4v) is 4.33. The van der Waals surface area contributed by atoms with Gasteiger partial charge in [0.1, 0.15) is 0 Å². The van der Waals surface area contributed by atoms with Crippen LogP contribution in [-0.2, 0) is 20.9 Å². The summed E-state index contributed by atoms with van der Waals surface area (Å²) in [5, 5.41) is 3.06. The van der Waals surface area contributed by atoms with Gasteiger partial charge in [0.25, 0.3) is 0 Å². The fraction of sp³-hybridized carbons (Fsp3) is 0.600. The number of carbonyl (C=O) groups is 2. The summed E-state index contributed by atoms with van der Waals surface area (Å²) >= 11 is 0. The van der Waals surface area contributed by atoms with Gasteiger partial charge in [0.15, 0.2) is 0 Å². The summed E-state index contributed by atoms with van der Waals surface area (Å²) in [6, 6.07) is 10.1. The van der Waals surface area contributed by atoms with E-state index in [1.54, 1.807) is 7.11 Å². The third-order valence-electron chi connectivity index (χ3n) is 6.26. The minimum absolute atomic E-state index is 0.0326. The Bertz CT molecular complexity index is 714. The van der Waals surface area contributed by atoms with Gasteiger partial charge in [-0.3, -0.25) is 9.59 Å². The zero-order chi connectivity index (χ0) is 22.1. The van der Waals surface area contributed by atoms with Crippen molar-refractivity contribution >= 4 is 11.8 Å². The zero-order valence-electron chi connectivity index (χ0n) is 19.2. The van der Waals surface area contributed by atoms with E-state index in [2.05, 4.69) is 44.3 Å². The molecule has 5 heteroatoms. The van der Waals surface area contributed by atoms with Gasteiger partial charge < -0.3 is 15.0 Å². The molecule has 0 spiro atoms. The molecule has 1 aliphatic carbocycles. The number of benzene rings is 1. The average molecular weight is 415 g/mol. The number of ether oxygens (including phenoxy) is 1. The predicted octanol–water partition coefficient (Wildman–Crippen LogP) is 4.04. The van der Waals surface area contributed by atoms with E-state index in [0.717, 1.165) is 12.0 Å². The molecule has 0 saturated carbocycles. The molecule has 0 bridgehead atoms. The van der Waals surface area contributed by atoms with Gasteiger partial charge in [0, 0.05) is 40.1 Å². The van der Waals surface area contributed by atoms with Crippen molar-refractivity contribution in [3.05, 3.63) is 47.5 Å². The summed E-state index contributed by atoms with van der Waals surface area (Å²) in [7, 11) is 3.49. The molecule has 0 fully saturated rings. The van der Waals surface area contributed by atoms with E-state index in [1.807, 2.05) is 30.1 Å². The maximum Gasteiger partial charge on any atom is 0.223 e. The Morgan fingerprint density at radius 2 is 1.93 bits per heavy atom. The number of nitrogens with zero attached hydrogens (tertiary/aromatic N) is 1. The summed E-state index contributed by atoms with van der Waals surface area (Å²) in [5.41, 5.74) is 2.41. The van der Waals surface area contributed by atoms with Crippen LogP contribution in [0.3, 0.4) is 0 Å². The minimum Gasteiger partial charge on any atom is -0.384 e. The highest BCUT2D eigenvalue weighted by atomic mass is 16.5. The van der Waals surface area contributed by atoms with E-state index in [4.69, 9.17) is 4.74 Å². The molecule has 1 N–H and O–H groups in total. The van der Waals surface area contributed by atoms with Crippen LogP contribution in [0.2, 0.25) is 0 Å². The minimum atomic E-state index is 0.0326. The van der Waals surface area contributed by atoms with Crippen LogP contribution in [0.25, 0.3) is 0 Å². The Balaban J connectivity index is 1.97. The highest BCUT2D eigenvalue weighted by molar-refractivity contribution is 5.77. The maximum atomic E-state index is 12.9. The van der Waals surface area contributed by atoms with E-state index in [0.29, 0.717) is 50.3 Å². The van der Waals surface area contributed by atoms with Crippen molar-refractivity contribution in [1.82, 2.24) is 10.2 Å². The quantitative estimate of drug-likeness (QED) is 0.588. The van der Waals surface area contributed by atoms with E-state index in [1.165, 1.54) is 5.57 Å². The number of carbonyl (C=O) groups excluding carboxylic acids is 2. The monoisotopic (exact) mass is 414 g/mol. The summed E-state index contributed by atoms with van der Waals surface area (Å²) in [6.45, 7) is 8.33. The van der Waals surface area contributed by atoms with E-state index in [9.17, 15) is 9.59 Å². The first-order chi connectivity index (χ1) is 14.3. The van der Waals surface area contributed by atoms with Crippen molar-refractivity contribution in [2.75, 3.05) is 27.3 Å². The molecule has 2 amide bonds. The normalized spacial score (nSPS) is 21.3. The molecular formula is C25H38N2O3. The van der Waals surface area contributed by atoms with Crippen LogP contribution in [0.15, 0.2) is 42.0 Å². The Hall–Kier alpha value is -2.14. The molecule has 0 aromatic heterocycles. The number of nitrogens with one attached hydrogen (secondary N) is 1. The van der Waals surface area contributed by atoms with Crippen molar-refractivity contribution < 1.29 is 14.3 Å². The lowest BCUT2D eigenvalue weighted by molar-refractivity contribution is -0.131. The van der Waals surface area contributed by atoms with Gasteiger partial charge in [-0.2, -0.15) is 0 Å². The summed E-state index contributed by atoms with van der Waals surface area (Å²) < 4.78 is 4.98. The van der Waals surface area contributed by atoms with Crippen molar-refractivity contribution in [2.45, 2.75) is 46.6 Å². The first-order valence-electron chi connectivity index (χ1n) is 11.0. The van der Waals surface area contributed by atoms with Gasteiger partial charge in [0.05, 0.1) is 6.61 Å². The molecule has 0 saturated heterocycles. The highest BCUT2D eigenvalue weighted by Crippen LogP contribution is 2.39. The highest BCUT2D eigenvalue weighted by Gasteiger charge is 2.33. The fourth-order valence-electron chi connectivity index (χ4n) is 4.33. The molecule has 1 aromatic carbocycles. The molecule has 5 nitrogen and oxygen atoms in total. The summed E-state index contributed by atoms with van der Waals surface area (Å²) in [4.78, 5) is 26.7. The number of rotatable bonds is 10. The molecule has 30 heavy (non-hydrogen) atoms. The third-order valence-corrected chi connectivity index (χ3v) is 6.26. The van der Waals surface area contributed by atoms with Crippen LogP contribution < -0.4 is 5.32 Å². The lowest BCUT2D eigenvalue weighted by atomic mass is 9.69. The lowest BCUT2D eigenvalue weighted by Crippen LogP contribution is -2.38. The van der Waals surface area contributed by atoms with Crippen molar-refractivity contribution in [2.24, 2.45) is 23.7 Å². The number of allylic oxidation sites excluding steroid dienone is 1. The largest absolute Gasteiger partial charge is 0.384 e. The second-order valence-corrected chi connectivity index (χ2v) is 8.90. The molecule has 1 aliphatic rings.